The third-order valence-corrected chi connectivity index (χ3v) is 11.0. The predicted molar refractivity (Wildman–Crippen MR) is 132 cm³/mol. The van der Waals surface area contributed by atoms with Gasteiger partial charge in [-0.15, -0.1) is 0 Å². The number of rotatable bonds is 3. The van der Waals surface area contributed by atoms with Crippen molar-refractivity contribution in [2.24, 2.45) is 4.99 Å². The molecule has 4 rings (SSSR count). The van der Waals surface area contributed by atoms with Crippen LogP contribution >= 0.6 is 0 Å². The molecule has 0 spiro atoms. The van der Waals surface area contributed by atoms with Crippen molar-refractivity contribution in [3.05, 3.63) is 53.0 Å². The molecule has 1 fully saturated rings. The number of thiol groups is 1. The summed E-state index contributed by atoms with van der Waals surface area (Å²) in [6.45, 7) is 4.60. The second-order valence-corrected chi connectivity index (χ2v) is 13.3. The smallest absolute Gasteiger partial charge is 0.410 e. The van der Waals surface area contributed by atoms with Gasteiger partial charge in [0.05, 0.1) is 22.7 Å². The van der Waals surface area contributed by atoms with Crippen LogP contribution in [0, 0.1) is 18.6 Å². The molecular weight excluding hydrogens is 532 g/mol. The summed E-state index contributed by atoms with van der Waals surface area (Å²) >= 11 is 0. The van der Waals surface area contributed by atoms with Crippen molar-refractivity contribution < 1.29 is 36.5 Å². The van der Waals surface area contributed by atoms with E-state index in [-0.39, 0.29) is 22.9 Å². The van der Waals surface area contributed by atoms with E-state index in [4.69, 9.17) is 0 Å². The highest BCUT2D eigenvalue weighted by Crippen LogP contribution is 2.50. The molecule has 0 radical (unpaired) electrons. The number of fused-ring (bicyclic) bond motifs is 1. The highest BCUT2D eigenvalue weighted by atomic mass is 32.3. The third kappa shape index (κ3) is 4.53. The van der Waals surface area contributed by atoms with Gasteiger partial charge in [-0.05, 0) is 61.6 Å². The fourth-order valence-corrected chi connectivity index (χ4v) is 8.58. The Morgan fingerprint density at radius 2 is 1.87 bits per heavy atom. The number of alkyl halides is 2. The second-order valence-electron chi connectivity index (χ2n) is 9.97. The number of amidine groups is 1. The van der Waals surface area contributed by atoms with E-state index >= 15 is 4.39 Å². The van der Waals surface area contributed by atoms with Gasteiger partial charge in [-0.25, -0.2) is 32.3 Å². The van der Waals surface area contributed by atoms with Crippen LogP contribution in [0.25, 0.3) is 0 Å². The topological polar surface area (TPSA) is 146 Å². The van der Waals surface area contributed by atoms with Crippen molar-refractivity contribution in [1.29, 1.82) is 0 Å². The molecule has 0 unspecified atom stereocenters. The molecule has 38 heavy (non-hydrogen) atoms. The van der Waals surface area contributed by atoms with Crippen LogP contribution in [0.3, 0.4) is 0 Å². The molecule has 2 amide bonds. The fraction of sp³-hybridized carbons (Fsp3) is 0.435. The molecule has 2 aliphatic heterocycles. The van der Waals surface area contributed by atoms with Crippen molar-refractivity contribution in [2.75, 3.05) is 11.9 Å². The first-order chi connectivity index (χ1) is 17.5. The van der Waals surface area contributed by atoms with E-state index in [1.54, 1.807) is 0 Å². The number of hydrogen-bond acceptors (Lipinski definition) is 6. The van der Waals surface area contributed by atoms with E-state index < -0.39 is 73.9 Å². The van der Waals surface area contributed by atoms with Crippen LogP contribution < -0.4 is 15.4 Å². The van der Waals surface area contributed by atoms with Gasteiger partial charge in [-0.3, -0.25) is 24.0 Å². The quantitative estimate of drug-likeness (QED) is 0.289. The van der Waals surface area contributed by atoms with E-state index in [9.17, 15) is 32.1 Å². The molecule has 2 atom stereocenters. The standard InChI is InChI=1S/C23H26F4N6O4S/c1-11-7-12(24)9-28-16(11)18(34)31-15-6-5-13(25)17(30-15)22(4)14-8-23(26,27)10-29-38(14,37)21(2,3)19(33-22)32-20(35)36/h5-7,9,14,38H,8,10H2,1-4H3,(H,29,37)(H,32,33)(H,35,36)(H,30,31,34)/t14-,22+/m1/s1. The molecule has 206 valence electrons. The summed E-state index contributed by atoms with van der Waals surface area (Å²) in [7, 11) is -3.95. The summed E-state index contributed by atoms with van der Waals surface area (Å²) in [6.07, 6.45) is -1.63. The molecule has 0 aliphatic carbocycles. The molecule has 1 saturated heterocycles. The van der Waals surface area contributed by atoms with E-state index in [2.05, 4.69) is 30.3 Å². The number of carboxylic acid groups (broad SMARTS) is 1. The molecule has 2 aliphatic rings. The van der Waals surface area contributed by atoms with Crippen molar-refractivity contribution in [3.8, 4) is 0 Å². The van der Waals surface area contributed by atoms with E-state index in [1.807, 2.05) is 0 Å². The van der Waals surface area contributed by atoms with Gasteiger partial charge in [-0.2, -0.15) is 0 Å². The number of pyridine rings is 2. The van der Waals surface area contributed by atoms with Crippen LogP contribution in [0.2, 0.25) is 0 Å². The maximum atomic E-state index is 15.3. The largest absolute Gasteiger partial charge is 0.465 e. The Morgan fingerprint density at radius 3 is 2.50 bits per heavy atom. The molecule has 10 nitrogen and oxygen atoms in total. The van der Waals surface area contributed by atoms with Gasteiger partial charge in [0.2, 0.25) is 0 Å². The van der Waals surface area contributed by atoms with Crippen LogP contribution in [-0.2, 0) is 15.7 Å². The van der Waals surface area contributed by atoms with Crippen molar-refractivity contribution in [3.63, 3.8) is 0 Å². The molecule has 0 saturated carbocycles. The Bertz CT molecular complexity index is 1420. The molecule has 15 heteroatoms. The van der Waals surface area contributed by atoms with Gasteiger partial charge in [0, 0.05) is 6.42 Å². The minimum Gasteiger partial charge on any atom is -0.465 e. The number of nitrogens with one attached hydrogen (secondary N) is 3. The summed E-state index contributed by atoms with van der Waals surface area (Å²) in [5.74, 6) is -6.30. The normalized spacial score (nSPS) is 25.9. The Kier molecular flexibility index (Phi) is 6.59. The number of amides is 2. The van der Waals surface area contributed by atoms with Gasteiger partial charge < -0.3 is 10.4 Å². The second kappa shape index (κ2) is 9.08. The Hall–Kier alpha value is -3.46. The van der Waals surface area contributed by atoms with Crippen LogP contribution in [0.5, 0.6) is 0 Å². The Morgan fingerprint density at radius 1 is 1.18 bits per heavy atom. The maximum absolute atomic E-state index is 15.3. The number of anilines is 1. The highest BCUT2D eigenvalue weighted by Gasteiger charge is 2.62. The number of halogens is 4. The van der Waals surface area contributed by atoms with Gasteiger partial charge in [-0.1, -0.05) is 0 Å². The Balaban J connectivity index is 1.85. The molecule has 4 N–H and O–H groups in total. The zero-order valence-corrected chi connectivity index (χ0v) is 21.7. The number of aromatic nitrogens is 2. The number of hydrogen-bond donors (Lipinski definition) is 5. The van der Waals surface area contributed by atoms with Gasteiger partial charge in [0.25, 0.3) is 11.8 Å². The van der Waals surface area contributed by atoms with Crippen molar-refractivity contribution >= 4 is 33.8 Å². The SMILES string of the molecule is Cc1cc(F)cnc1C(=O)Nc1ccc(F)c([C@@]2(C)N=C(NC(=O)O)C(C)(C)[SH]3(=O)NCC(F)(F)C[C@H]23)n1. The average Bonchev–Trinajstić information content (AvgIpc) is 2.80. The first-order valence-corrected chi connectivity index (χ1v) is 13.2. The lowest BCUT2D eigenvalue weighted by atomic mass is 9.88. The number of carbonyl (C=O) groups excluding carboxylic acids is 1. The van der Waals surface area contributed by atoms with Gasteiger partial charge >= 0.3 is 6.09 Å². The number of carbonyl (C=O) groups is 2. The van der Waals surface area contributed by atoms with Crippen LogP contribution in [0.4, 0.5) is 28.2 Å². The third-order valence-electron chi connectivity index (χ3n) is 6.96. The zero-order chi connectivity index (χ0) is 28.3. The van der Waals surface area contributed by atoms with E-state index in [1.165, 1.54) is 27.7 Å². The van der Waals surface area contributed by atoms with Crippen LogP contribution in [0.1, 0.15) is 48.9 Å². The summed E-state index contributed by atoms with van der Waals surface area (Å²) in [4.78, 5) is 36.5. The predicted octanol–water partition coefficient (Wildman–Crippen LogP) is 2.92. The molecule has 2 aromatic heterocycles. The molecular formula is C23H26F4N6O4S. The maximum Gasteiger partial charge on any atom is 0.410 e. The molecule has 0 bridgehead atoms. The summed E-state index contributed by atoms with van der Waals surface area (Å²) in [5, 5.41) is 12.4. The molecule has 0 aromatic carbocycles. The lowest BCUT2D eigenvalue weighted by Crippen LogP contribution is -2.73. The number of aryl methyl sites for hydroxylation is 1. The van der Waals surface area contributed by atoms with Crippen molar-refractivity contribution in [2.45, 2.75) is 55.6 Å². The first kappa shape index (κ1) is 27.6. The minimum absolute atomic E-state index is 0.128. The molecule has 2 aromatic rings. The first-order valence-electron chi connectivity index (χ1n) is 11.4. The fourth-order valence-electron chi connectivity index (χ4n) is 4.88. The number of aliphatic imine (C=N–C) groups is 1. The van der Waals surface area contributed by atoms with Gasteiger partial charge in [0.1, 0.15) is 40.2 Å². The average molecular weight is 559 g/mol. The number of nitrogens with zero attached hydrogens (tertiary/aromatic N) is 3. The summed E-state index contributed by atoms with van der Waals surface area (Å²) in [6, 6.07) is 3.13. The monoisotopic (exact) mass is 558 g/mol. The summed E-state index contributed by atoms with van der Waals surface area (Å²) in [5.41, 5.74) is -2.47. The van der Waals surface area contributed by atoms with Crippen LogP contribution in [-0.4, -0.2) is 59.6 Å². The van der Waals surface area contributed by atoms with Crippen LogP contribution in [0.15, 0.2) is 29.4 Å². The van der Waals surface area contributed by atoms with E-state index in [0.29, 0.717) is 0 Å². The highest BCUT2D eigenvalue weighted by molar-refractivity contribution is 8.04. The minimum atomic E-state index is -3.95. The van der Waals surface area contributed by atoms with Gasteiger partial charge in [0.15, 0.2) is 0 Å². The Labute approximate surface area is 215 Å². The lowest BCUT2D eigenvalue weighted by molar-refractivity contribution is -0.0139. The lowest BCUT2D eigenvalue weighted by Gasteiger charge is -2.57. The van der Waals surface area contributed by atoms with E-state index in [0.717, 1.165) is 24.4 Å². The summed E-state index contributed by atoms with van der Waals surface area (Å²) < 4.78 is 73.2. The van der Waals surface area contributed by atoms with Crippen molar-refractivity contribution in [1.82, 2.24) is 20.0 Å². The zero-order valence-electron chi connectivity index (χ0n) is 20.8. The molecule has 4 heterocycles.